The number of nitrogens with zero attached hydrogens (tertiary/aromatic N) is 2. The van der Waals surface area contributed by atoms with Gasteiger partial charge in [0.1, 0.15) is 17.2 Å². The number of piperidine rings is 1. The van der Waals surface area contributed by atoms with Crippen molar-refractivity contribution in [1.82, 2.24) is 10.2 Å². The zero-order valence-electron chi connectivity index (χ0n) is 16.7. The second kappa shape index (κ2) is 8.57. The van der Waals surface area contributed by atoms with Gasteiger partial charge in [0.25, 0.3) is 5.91 Å². The van der Waals surface area contributed by atoms with Crippen LogP contribution in [0.5, 0.6) is 0 Å². The van der Waals surface area contributed by atoms with Crippen LogP contribution in [-0.2, 0) is 9.59 Å². The standard InChI is InChI=1S/C22H23FN4O2S/c1-30-18-7-3-6-17(13-18)24-19(28)14-27-10-8-22(9-11-27)25-20(21(29)26-22)15-4-2-5-16(23)12-15/h2-7,12-13H,8-11,14H2,1H3,(H,24,28)(H,26,29). The van der Waals surface area contributed by atoms with Crippen molar-refractivity contribution in [3.8, 4) is 0 Å². The van der Waals surface area contributed by atoms with Gasteiger partial charge in [0, 0.05) is 42.1 Å². The highest BCUT2D eigenvalue weighted by Gasteiger charge is 2.42. The van der Waals surface area contributed by atoms with Crippen LogP contribution in [0.1, 0.15) is 18.4 Å². The van der Waals surface area contributed by atoms with Gasteiger partial charge >= 0.3 is 0 Å². The first-order valence-electron chi connectivity index (χ1n) is 9.81. The monoisotopic (exact) mass is 426 g/mol. The lowest BCUT2D eigenvalue weighted by atomic mass is 9.98. The maximum atomic E-state index is 13.5. The number of hydrogen-bond acceptors (Lipinski definition) is 5. The van der Waals surface area contributed by atoms with Crippen LogP contribution in [-0.4, -0.2) is 54.0 Å². The molecule has 0 bridgehead atoms. The topological polar surface area (TPSA) is 73.8 Å². The molecular weight excluding hydrogens is 403 g/mol. The van der Waals surface area contributed by atoms with E-state index in [2.05, 4.69) is 20.5 Å². The minimum Gasteiger partial charge on any atom is -0.326 e. The first-order valence-corrected chi connectivity index (χ1v) is 11.0. The van der Waals surface area contributed by atoms with Gasteiger partial charge in [0.05, 0.1) is 6.54 Å². The SMILES string of the molecule is CSc1cccc(NC(=O)CN2CCC3(CC2)N=C(c2cccc(F)c2)C(=O)N3)c1. The molecule has 0 radical (unpaired) electrons. The Morgan fingerprint density at radius 1 is 1.23 bits per heavy atom. The van der Waals surface area contributed by atoms with Gasteiger partial charge in [-0.2, -0.15) is 0 Å². The third-order valence-electron chi connectivity index (χ3n) is 5.39. The molecule has 156 valence electrons. The molecule has 0 aromatic heterocycles. The average molecular weight is 427 g/mol. The molecule has 1 fully saturated rings. The molecule has 8 heteroatoms. The van der Waals surface area contributed by atoms with E-state index < -0.39 is 11.5 Å². The highest BCUT2D eigenvalue weighted by Crippen LogP contribution is 2.29. The number of carbonyl (C=O) groups excluding carboxylic acids is 2. The molecule has 2 amide bonds. The Bertz CT molecular complexity index is 1000. The molecule has 0 saturated carbocycles. The van der Waals surface area contributed by atoms with Gasteiger partial charge < -0.3 is 10.6 Å². The van der Waals surface area contributed by atoms with E-state index in [1.807, 2.05) is 30.5 Å². The van der Waals surface area contributed by atoms with Crippen molar-refractivity contribution in [2.45, 2.75) is 23.4 Å². The van der Waals surface area contributed by atoms with Crippen LogP contribution >= 0.6 is 11.8 Å². The molecule has 0 unspecified atom stereocenters. The second-order valence-corrected chi connectivity index (χ2v) is 8.39. The van der Waals surface area contributed by atoms with Crippen LogP contribution in [0.2, 0.25) is 0 Å². The number of likely N-dealkylation sites (tertiary alicyclic amines) is 1. The van der Waals surface area contributed by atoms with E-state index in [0.717, 1.165) is 10.6 Å². The Hall–Kier alpha value is -2.71. The zero-order chi connectivity index (χ0) is 21.1. The lowest BCUT2D eigenvalue weighted by Crippen LogP contribution is -2.52. The quantitative estimate of drug-likeness (QED) is 0.721. The normalized spacial score (nSPS) is 18.2. The maximum Gasteiger partial charge on any atom is 0.272 e. The summed E-state index contributed by atoms with van der Waals surface area (Å²) in [4.78, 5) is 32.6. The van der Waals surface area contributed by atoms with Crippen molar-refractivity contribution in [3.63, 3.8) is 0 Å². The van der Waals surface area contributed by atoms with Crippen molar-refractivity contribution in [2.75, 3.05) is 31.2 Å². The summed E-state index contributed by atoms with van der Waals surface area (Å²) in [6, 6.07) is 13.7. The van der Waals surface area contributed by atoms with Crippen LogP contribution in [0, 0.1) is 5.82 Å². The molecule has 1 saturated heterocycles. The van der Waals surface area contributed by atoms with Crippen molar-refractivity contribution >= 4 is 35.0 Å². The summed E-state index contributed by atoms with van der Waals surface area (Å²) in [6.07, 6.45) is 3.20. The fourth-order valence-electron chi connectivity index (χ4n) is 3.82. The predicted molar refractivity (Wildman–Crippen MR) is 116 cm³/mol. The number of nitrogens with one attached hydrogen (secondary N) is 2. The molecule has 2 aromatic rings. The Morgan fingerprint density at radius 2 is 2.00 bits per heavy atom. The number of hydrogen-bond donors (Lipinski definition) is 2. The Kier molecular flexibility index (Phi) is 5.87. The van der Waals surface area contributed by atoms with Gasteiger partial charge in [-0.1, -0.05) is 18.2 Å². The number of benzene rings is 2. The average Bonchev–Trinajstić information content (AvgIpc) is 3.06. The predicted octanol–water partition coefficient (Wildman–Crippen LogP) is 2.90. The molecule has 2 aliphatic rings. The van der Waals surface area contributed by atoms with Gasteiger partial charge in [0.15, 0.2) is 0 Å². The molecule has 30 heavy (non-hydrogen) atoms. The minimum absolute atomic E-state index is 0.0661. The van der Waals surface area contributed by atoms with Crippen LogP contribution in [0.15, 0.2) is 58.4 Å². The van der Waals surface area contributed by atoms with Gasteiger partial charge in [-0.3, -0.25) is 19.5 Å². The molecule has 2 aliphatic heterocycles. The number of aliphatic imine (C=N–C) groups is 1. The van der Waals surface area contributed by atoms with E-state index in [0.29, 0.717) is 31.5 Å². The molecular formula is C22H23FN4O2S. The number of amides is 2. The maximum absolute atomic E-state index is 13.5. The molecule has 1 spiro atoms. The van der Waals surface area contributed by atoms with E-state index in [9.17, 15) is 14.0 Å². The highest BCUT2D eigenvalue weighted by molar-refractivity contribution is 7.98. The van der Waals surface area contributed by atoms with E-state index in [-0.39, 0.29) is 24.1 Å². The van der Waals surface area contributed by atoms with Crippen LogP contribution in [0.4, 0.5) is 10.1 Å². The summed E-state index contributed by atoms with van der Waals surface area (Å²) in [5.41, 5.74) is 0.874. The summed E-state index contributed by atoms with van der Waals surface area (Å²) in [7, 11) is 0. The van der Waals surface area contributed by atoms with E-state index in [1.165, 1.54) is 12.1 Å². The summed E-state index contributed by atoms with van der Waals surface area (Å²) in [5.74, 6) is -0.739. The van der Waals surface area contributed by atoms with Crippen molar-refractivity contribution in [1.29, 1.82) is 0 Å². The molecule has 2 N–H and O–H groups in total. The van der Waals surface area contributed by atoms with Gasteiger partial charge in [-0.05, 0) is 36.6 Å². The number of thioether (sulfide) groups is 1. The van der Waals surface area contributed by atoms with Crippen molar-refractivity contribution in [2.24, 2.45) is 4.99 Å². The van der Waals surface area contributed by atoms with Gasteiger partial charge in [-0.25, -0.2) is 4.39 Å². The second-order valence-electron chi connectivity index (χ2n) is 7.51. The molecule has 4 rings (SSSR count). The third-order valence-corrected chi connectivity index (χ3v) is 6.11. The summed E-state index contributed by atoms with van der Waals surface area (Å²) >= 11 is 1.63. The van der Waals surface area contributed by atoms with E-state index in [4.69, 9.17) is 0 Å². The number of anilines is 1. The van der Waals surface area contributed by atoms with E-state index >= 15 is 0 Å². The fraction of sp³-hybridized carbons (Fsp3) is 0.318. The number of carbonyl (C=O) groups is 2. The Labute approximate surface area is 178 Å². The highest BCUT2D eigenvalue weighted by atomic mass is 32.2. The van der Waals surface area contributed by atoms with Crippen molar-refractivity contribution in [3.05, 3.63) is 59.9 Å². The van der Waals surface area contributed by atoms with Crippen LogP contribution < -0.4 is 10.6 Å². The Morgan fingerprint density at radius 3 is 2.73 bits per heavy atom. The number of halogens is 1. The number of rotatable bonds is 5. The Balaban J connectivity index is 1.35. The van der Waals surface area contributed by atoms with Crippen LogP contribution in [0.3, 0.4) is 0 Å². The van der Waals surface area contributed by atoms with Crippen LogP contribution in [0.25, 0.3) is 0 Å². The first kappa shape index (κ1) is 20.6. The van der Waals surface area contributed by atoms with Gasteiger partial charge in [0.2, 0.25) is 5.91 Å². The third kappa shape index (κ3) is 4.55. The molecule has 6 nitrogen and oxygen atoms in total. The summed E-state index contributed by atoms with van der Waals surface area (Å²) in [6.45, 7) is 1.56. The largest absolute Gasteiger partial charge is 0.326 e. The minimum atomic E-state index is -0.668. The lowest BCUT2D eigenvalue weighted by Gasteiger charge is -2.36. The fourth-order valence-corrected chi connectivity index (χ4v) is 4.28. The molecule has 0 atom stereocenters. The van der Waals surface area contributed by atoms with Gasteiger partial charge in [-0.15, -0.1) is 11.8 Å². The smallest absolute Gasteiger partial charge is 0.272 e. The molecule has 0 aliphatic carbocycles. The molecule has 2 aromatic carbocycles. The summed E-state index contributed by atoms with van der Waals surface area (Å²) in [5, 5.41) is 5.91. The first-order chi connectivity index (χ1) is 14.5. The zero-order valence-corrected chi connectivity index (χ0v) is 17.5. The lowest BCUT2D eigenvalue weighted by molar-refractivity contribution is -0.119. The van der Waals surface area contributed by atoms with Crippen molar-refractivity contribution < 1.29 is 14.0 Å². The summed E-state index contributed by atoms with van der Waals surface area (Å²) < 4.78 is 13.5. The van der Waals surface area contributed by atoms with E-state index in [1.54, 1.807) is 23.9 Å². The molecule has 2 heterocycles.